The van der Waals surface area contributed by atoms with Gasteiger partial charge in [0.25, 0.3) is 0 Å². The van der Waals surface area contributed by atoms with Crippen molar-refractivity contribution in [2.45, 2.75) is 31.7 Å². The molecule has 4 rings (SSSR count). The Morgan fingerprint density at radius 2 is 1.85 bits per heavy atom. The van der Waals surface area contributed by atoms with E-state index in [4.69, 9.17) is 4.98 Å². The minimum absolute atomic E-state index is 0.161. The Hall–Kier alpha value is -2.59. The van der Waals surface area contributed by atoms with Crippen LogP contribution in [0.2, 0.25) is 0 Å². The van der Waals surface area contributed by atoms with Crippen LogP contribution in [-0.2, 0) is 13.0 Å². The van der Waals surface area contributed by atoms with Gasteiger partial charge in [-0.25, -0.2) is 4.39 Å². The molecular formula is C23H24FN3. The zero-order valence-corrected chi connectivity index (χ0v) is 15.4. The Kier molecular flexibility index (Phi) is 5.54. The van der Waals surface area contributed by atoms with Crippen molar-refractivity contribution in [2.75, 3.05) is 13.1 Å². The number of benzene rings is 1. The predicted molar refractivity (Wildman–Crippen MR) is 105 cm³/mol. The second kappa shape index (κ2) is 8.40. The van der Waals surface area contributed by atoms with E-state index in [0.717, 1.165) is 37.4 Å². The summed E-state index contributed by atoms with van der Waals surface area (Å²) < 4.78 is 13.9. The van der Waals surface area contributed by atoms with Crippen LogP contribution < -0.4 is 0 Å². The van der Waals surface area contributed by atoms with Crippen molar-refractivity contribution in [3.8, 4) is 0 Å². The summed E-state index contributed by atoms with van der Waals surface area (Å²) >= 11 is 0. The molecule has 0 spiro atoms. The first-order valence-corrected chi connectivity index (χ1v) is 9.58. The molecule has 1 atom stereocenters. The van der Waals surface area contributed by atoms with Crippen LogP contribution in [-0.4, -0.2) is 28.0 Å². The lowest BCUT2D eigenvalue weighted by molar-refractivity contribution is 0.198. The average molecular weight is 361 g/mol. The smallest absolute Gasteiger partial charge is 0.126 e. The molecule has 27 heavy (non-hydrogen) atoms. The summed E-state index contributed by atoms with van der Waals surface area (Å²) in [7, 11) is 0. The van der Waals surface area contributed by atoms with Crippen LogP contribution in [0.25, 0.3) is 0 Å². The summed E-state index contributed by atoms with van der Waals surface area (Å²) in [5, 5.41) is 0. The van der Waals surface area contributed by atoms with Crippen molar-refractivity contribution in [3.05, 3.63) is 95.3 Å². The SMILES string of the molecule is Fc1ccccc1Cc1cccc(C2CCCN(Cc3ccncc3)C2)n1. The van der Waals surface area contributed by atoms with Gasteiger partial charge in [-0.05, 0) is 60.8 Å². The van der Waals surface area contributed by atoms with Gasteiger partial charge in [-0.1, -0.05) is 24.3 Å². The van der Waals surface area contributed by atoms with E-state index in [9.17, 15) is 4.39 Å². The van der Waals surface area contributed by atoms with Gasteiger partial charge in [-0.3, -0.25) is 14.9 Å². The average Bonchev–Trinajstić information content (AvgIpc) is 2.71. The van der Waals surface area contributed by atoms with Crippen molar-refractivity contribution in [2.24, 2.45) is 0 Å². The molecule has 1 aliphatic heterocycles. The first-order valence-electron chi connectivity index (χ1n) is 9.58. The number of pyridine rings is 2. The van der Waals surface area contributed by atoms with Gasteiger partial charge in [0.1, 0.15) is 5.82 Å². The maximum Gasteiger partial charge on any atom is 0.126 e. The largest absolute Gasteiger partial charge is 0.298 e. The second-order valence-electron chi connectivity index (χ2n) is 7.25. The minimum Gasteiger partial charge on any atom is -0.298 e. The maximum atomic E-state index is 13.9. The lowest BCUT2D eigenvalue weighted by atomic mass is 9.93. The lowest BCUT2D eigenvalue weighted by Gasteiger charge is -2.32. The number of hydrogen-bond acceptors (Lipinski definition) is 3. The van der Waals surface area contributed by atoms with Crippen molar-refractivity contribution < 1.29 is 4.39 Å². The van der Waals surface area contributed by atoms with E-state index in [1.165, 1.54) is 18.1 Å². The number of hydrogen-bond donors (Lipinski definition) is 0. The molecule has 1 fully saturated rings. The molecule has 3 aromatic rings. The van der Waals surface area contributed by atoms with Gasteiger partial charge in [-0.2, -0.15) is 0 Å². The highest BCUT2D eigenvalue weighted by molar-refractivity contribution is 5.25. The summed E-state index contributed by atoms with van der Waals surface area (Å²) in [6.45, 7) is 3.08. The third-order valence-electron chi connectivity index (χ3n) is 5.24. The monoisotopic (exact) mass is 361 g/mol. The molecule has 3 nitrogen and oxygen atoms in total. The molecule has 2 aromatic heterocycles. The number of nitrogens with zero attached hydrogens (tertiary/aromatic N) is 3. The molecular weight excluding hydrogens is 337 g/mol. The lowest BCUT2D eigenvalue weighted by Crippen LogP contribution is -2.34. The van der Waals surface area contributed by atoms with Gasteiger partial charge < -0.3 is 0 Å². The molecule has 1 aliphatic rings. The minimum atomic E-state index is -0.161. The fourth-order valence-corrected chi connectivity index (χ4v) is 3.85. The molecule has 0 aliphatic carbocycles. The van der Waals surface area contributed by atoms with E-state index in [1.54, 1.807) is 6.07 Å². The first kappa shape index (κ1) is 17.8. The van der Waals surface area contributed by atoms with Crippen LogP contribution in [0.3, 0.4) is 0 Å². The van der Waals surface area contributed by atoms with Gasteiger partial charge in [0.15, 0.2) is 0 Å². The standard InChI is InChI=1S/C23H24FN3/c24-22-8-2-1-5-19(22)15-21-7-3-9-23(26-21)20-6-4-14-27(17-20)16-18-10-12-25-13-11-18/h1-3,5,7-13,20H,4,6,14-17H2. The molecule has 0 saturated carbocycles. The number of halogens is 1. The Bertz CT molecular complexity index is 882. The molecule has 1 aromatic carbocycles. The molecule has 1 unspecified atom stereocenters. The highest BCUT2D eigenvalue weighted by atomic mass is 19.1. The van der Waals surface area contributed by atoms with Crippen molar-refractivity contribution in [3.63, 3.8) is 0 Å². The van der Waals surface area contributed by atoms with E-state index >= 15 is 0 Å². The summed E-state index contributed by atoms with van der Waals surface area (Å²) in [5.41, 5.74) is 4.06. The molecule has 0 amide bonds. The number of aromatic nitrogens is 2. The molecule has 3 heterocycles. The van der Waals surface area contributed by atoms with Crippen LogP contribution >= 0.6 is 0 Å². The topological polar surface area (TPSA) is 29.0 Å². The molecule has 0 N–H and O–H groups in total. The fourth-order valence-electron chi connectivity index (χ4n) is 3.85. The summed E-state index contributed by atoms with van der Waals surface area (Å²) in [6.07, 6.45) is 6.57. The maximum absolute atomic E-state index is 13.9. The molecule has 0 bridgehead atoms. The Morgan fingerprint density at radius 1 is 1.00 bits per heavy atom. The Morgan fingerprint density at radius 3 is 2.70 bits per heavy atom. The zero-order chi connectivity index (χ0) is 18.5. The predicted octanol–water partition coefficient (Wildman–Crippen LogP) is 4.59. The number of rotatable bonds is 5. The van der Waals surface area contributed by atoms with Crippen LogP contribution in [0.4, 0.5) is 4.39 Å². The number of likely N-dealkylation sites (tertiary alicyclic amines) is 1. The van der Waals surface area contributed by atoms with E-state index in [-0.39, 0.29) is 5.82 Å². The van der Waals surface area contributed by atoms with Crippen molar-refractivity contribution >= 4 is 0 Å². The second-order valence-corrected chi connectivity index (χ2v) is 7.25. The third-order valence-corrected chi connectivity index (χ3v) is 5.24. The van der Waals surface area contributed by atoms with Crippen LogP contribution in [0.5, 0.6) is 0 Å². The Labute approximate surface area is 159 Å². The van der Waals surface area contributed by atoms with Gasteiger partial charge in [0.05, 0.1) is 0 Å². The Balaban J connectivity index is 1.45. The normalized spacial score (nSPS) is 17.7. The molecule has 0 radical (unpaired) electrons. The summed E-state index contributed by atoms with van der Waals surface area (Å²) in [4.78, 5) is 11.5. The highest BCUT2D eigenvalue weighted by Crippen LogP contribution is 2.27. The first-order chi connectivity index (χ1) is 13.3. The van der Waals surface area contributed by atoms with E-state index in [0.29, 0.717) is 17.9 Å². The van der Waals surface area contributed by atoms with Gasteiger partial charge in [-0.15, -0.1) is 0 Å². The van der Waals surface area contributed by atoms with Gasteiger partial charge >= 0.3 is 0 Å². The summed E-state index contributed by atoms with van der Waals surface area (Å²) in [5.74, 6) is 0.270. The fraction of sp³-hybridized carbons (Fsp3) is 0.304. The molecule has 4 heteroatoms. The highest BCUT2D eigenvalue weighted by Gasteiger charge is 2.22. The van der Waals surface area contributed by atoms with Crippen LogP contribution in [0, 0.1) is 5.82 Å². The van der Waals surface area contributed by atoms with Gasteiger partial charge in [0, 0.05) is 49.2 Å². The van der Waals surface area contributed by atoms with Crippen molar-refractivity contribution in [1.29, 1.82) is 0 Å². The van der Waals surface area contributed by atoms with E-state index < -0.39 is 0 Å². The summed E-state index contributed by atoms with van der Waals surface area (Å²) in [6, 6.07) is 17.3. The van der Waals surface area contributed by atoms with E-state index in [1.807, 2.05) is 30.6 Å². The van der Waals surface area contributed by atoms with Gasteiger partial charge in [0.2, 0.25) is 0 Å². The molecule has 1 saturated heterocycles. The quantitative estimate of drug-likeness (QED) is 0.666. The van der Waals surface area contributed by atoms with Crippen molar-refractivity contribution in [1.82, 2.24) is 14.9 Å². The molecule has 138 valence electrons. The zero-order valence-electron chi connectivity index (χ0n) is 15.4. The van der Waals surface area contributed by atoms with E-state index in [2.05, 4.69) is 34.1 Å². The third kappa shape index (κ3) is 4.58. The van der Waals surface area contributed by atoms with Crippen LogP contribution in [0.15, 0.2) is 67.0 Å². The number of piperidine rings is 1. The van der Waals surface area contributed by atoms with Crippen LogP contribution in [0.1, 0.15) is 41.3 Å².